The Hall–Kier alpha value is -1.02. The van der Waals surface area contributed by atoms with Crippen molar-refractivity contribution in [2.75, 3.05) is 24.5 Å². The summed E-state index contributed by atoms with van der Waals surface area (Å²) in [6.45, 7) is 7.69. The standard InChI is InChI=1S/C17H28N2/c1-3-4-15-8-11-19(12-9-15)17-6-5-16(7-10-18)14(2)13-17/h5-6,13,15H,3-4,7-12,18H2,1-2H3. The molecule has 2 rings (SSSR count). The quantitative estimate of drug-likeness (QED) is 0.878. The van der Waals surface area contributed by atoms with E-state index in [0.29, 0.717) is 0 Å². The molecule has 0 aliphatic carbocycles. The third-order valence-corrected chi connectivity index (χ3v) is 4.42. The average molecular weight is 260 g/mol. The molecule has 1 saturated heterocycles. The first kappa shape index (κ1) is 14.4. The molecule has 1 aromatic rings. The van der Waals surface area contributed by atoms with Gasteiger partial charge in [-0.2, -0.15) is 0 Å². The Morgan fingerprint density at radius 2 is 2.00 bits per heavy atom. The monoisotopic (exact) mass is 260 g/mol. The zero-order chi connectivity index (χ0) is 13.7. The van der Waals surface area contributed by atoms with Gasteiger partial charge >= 0.3 is 0 Å². The van der Waals surface area contributed by atoms with Crippen LogP contribution in [0.3, 0.4) is 0 Å². The Morgan fingerprint density at radius 3 is 2.58 bits per heavy atom. The number of hydrogen-bond acceptors (Lipinski definition) is 2. The lowest BCUT2D eigenvalue weighted by Gasteiger charge is -2.34. The van der Waals surface area contributed by atoms with Gasteiger partial charge in [-0.05, 0) is 61.9 Å². The second-order valence-corrected chi connectivity index (χ2v) is 5.87. The molecule has 0 aromatic heterocycles. The first-order valence-electron chi connectivity index (χ1n) is 7.79. The van der Waals surface area contributed by atoms with E-state index in [1.165, 1.54) is 55.6 Å². The predicted octanol–water partition coefficient (Wildman–Crippen LogP) is 3.51. The second-order valence-electron chi connectivity index (χ2n) is 5.87. The molecule has 0 radical (unpaired) electrons. The molecule has 1 aromatic carbocycles. The minimum Gasteiger partial charge on any atom is -0.372 e. The van der Waals surface area contributed by atoms with E-state index < -0.39 is 0 Å². The largest absolute Gasteiger partial charge is 0.372 e. The first-order valence-corrected chi connectivity index (χ1v) is 7.79. The van der Waals surface area contributed by atoms with Crippen molar-refractivity contribution in [1.82, 2.24) is 0 Å². The van der Waals surface area contributed by atoms with Crippen LogP contribution in [0.4, 0.5) is 5.69 Å². The van der Waals surface area contributed by atoms with Gasteiger partial charge in [0, 0.05) is 18.8 Å². The maximum Gasteiger partial charge on any atom is 0.0369 e. The van der Waals surface area contributed by atoms with Crippen LogP contribution in [-0.4, -0.2) is 19.6 Å². The topological polar surface area (TPSA) is 29.3 Å². The van der Waals surface area contributed by atoms with Crippen molar-refractivity contribution in [2.45, 2.75) is 46.0 Å². The molecule has 1 fully saturated rings. The molecule has 0 saturated carbocycles. The maximum atomic E-state index is 5.64. The molecule has 106 valence electrons. The summed E-state index contributed by atoms with van der Waals surface area (Å²) in [6, 6.07) is 6.87. The minimum absolute atomic E-state index is 0.739. The fourth-order valence-corrected chi connectivity index (χ4v) is 3.20. The Labute approximate surface area is 118 Å². The van der Waals surface area contributed by atoms with Gasteiger partial charge in [-0.1, -0.05) is 25.8 Å². The van der Waals surface area contributed by atoms with Gasteiger partial charge < -0.3 is 10.6 Å². The van der Waals surface area contributed by atoms with E-state index in [9.17, 15) is 0 Å². The van der Waals surface area contributed by atoms with Crippen molar-refractivity contribution in [3.8, 4) is 0 Å². The number of anilines is 1. The molecule has 0 spiro atoms. The Balaban J connectivity index is 1.97. The van der Waals surface area contributed by atoms with Gasteiger partial charge in [-0.3, -0.25) is 0 Å². The van der Waals surface area contributed by atoms with Crippen molar-refractivity contribution in [2.24, 2.45) is 11.7 Å². The Bertz CT molecular complexity index is 392. The molecule has 1 aliphatic heterocycles. The molecule has 0 amide bonds. The lowest BCUT2D eigenvalue weighted by Crippen LogP contribution is -2.33. The summed E-state index contributed by atoms with van der Waals surface area (Å²) in [4.78, 5) is 2.55. The smallest absolute Gasteiger partial charge is 0.0369 e. The number of aryl methyl sites for hydroxylation is 1. The van der Waals surface area contributed by atoms with E-state index in [4.69, 9.17) is 5.73 Å². The van der Waals surface area contributed by atoms with Gasteiger partial charge in [0.25, 0.3) is 0 Å². The predicted molar refractivity (Wildman–Crippen MR) is 83.8 cm³/mol. The number of nitrogens with zero attached hydrogens (tertiary/aromatic N) is 1. The highest BCUT2D eigenvalue weighted by Crippen LogP contribution is 2.27. The lowest BCUT2D eigenvalue weighted by molar-refractivity contribution is 0.378. The van der Waals surface area contributed by atoms with Crippen LogP contribution in [0.1, 0.15) is 43.7 Å². The third-order valence-electron chi connectivity index (χ3n) is 4.42. The summed E-state index contributed by atoms with van der Waals surface area (Å²) in [5.41, 5.74) is 9.82. The SMILES string of the molecule is CCCC1CCN(c2ccc(CCN)c(C)c2)CC1. The van der Waals surface area contributed by atoms with Gasteiger partial charge in [0.1, 0.15) is 0 Å². The van der Waals surface area contributed by atoms with Gasteiger partial charge in [0.2, 0.25) is 0 Å². The summed E-state index contributed by atoms with van der Waals surface area (Å²) in [5, 5.41) is 0. The van der Waals surface area contributed by atoms with Crippen LogP contribution in [0.25, 0.3) is 0 Å². The van der Waals surface area contributed by atoms with Crippen LogP contribution in [0.5, 0.6) is 0 Å². The van der Waals surface area contributed by atoms with Gasteiger partial charge in [-0.25, -0.2) is 0 Å². The number of hydrogen-bond donors (Lipinski definition) is 1. The molecule has 1 heterocycles. The molecule has 19 heavy (non-hydrogen) atoms. The lowest BCUT2D eigenvalue weighted by atomic mass is 9.92. The third kappa shape index (κ3) is 3.73. The fraction of sp³-hybridized carbons (Fsp3) is 0.647. The highest BCUT2D eigenvalue weighted by Gasteiger charge is 2.18. The molecule has 2 heteroatoms. The van der Waals surface area contributed by atoms with Crippen LogP contribution in [0.2, 0.25) is 0 Å². The molecule has 2 nitrogen and oxygen atoms in total. The summed E-state index contributed by atoms with van der Waals surface area (Å²) in [5.74, 6) is 0.957. The molecule has 0 atom stereocenters. The van der Waals surface area contributed by atoms with Crippen LogP contribution in [0, 0.1) is 12.8 Å². The van der Waals surface area contributed by atoms with Crippen molar-refractivity contribution in [1.29, 1.82) is 0 Å². The van der Waals surface area contributed by atoms with Crippen LogP contribution < -0.4 is 10.6 Å². The average Bonchev–Trinajstić information content (AvgIpc) is 2.43. The molecular formula is C17H28N2. The maximum absolute atomic E-state index is 5.64. The molecule has 1 aliphatic rings. The number of benzene rings is 1. The fourth-order valence-electron chi connectivity index (χ4n) is 3.20. The van der Waals surface area contributed by atoms with Crippen molar-refractivity contribution < 1.29 is 0 Å². The normalized spacial score (nSPS) is 16.9. The number of piperidine rings is 1. The van der Waals surface area contributed by atoms with Crippen molar-refractivity contribution in [3.05, 3.63) is 29.3 Å². The summed E-state index contributed by atoms with van der Waals surface area (Å²) in [7, 11) is 0. The molecular weight excluding hydrogens is 232 g/mol. The van der Waals surface area contributed by atoms with E-state index in [0.717, 1.165) is 18.9 Å². The van der Waals surface area contributed by atoms with Gasteiger partial charge in [0.15, 0.2) is 0 Å². The number of nitrogens with two attached hydrogens (primary N) is 1. The summed E-state index contributed by atoms with van der Waals surface area (Å²) >= 11 is 0. The Morgan fingerprint density at radius 1 is 1.26 bits per heavy atom. The van der Waals surface area contributed by atoms with E-state index in [1.54, 1.807) is 0 Å². The summed E-state index contributed by atoms with van der Waals surface area (Å²) in [6.07, 6.45) is 6.44. The molecule has 0 bridgehead atoms. The zero-order valence-electron chi connectivity index (χ0n) is 12.5. The van der Waals surface area contributed by atoms with Crippen LogP contribution in [0.15, 0.2) is 18.2 Å². The number of rotatable bonds is 5. The van der Waals surface area contributed by atoms with E-state index in [-0.39, 0.29) is 0 Å². The highest BCUT2D eigenvalue weighted by atomic mass is 15.1. The van der Waals surface area contributed by atoms with Gasteiger partial charge in [0.05, 0.1) is 0 Å². The van der Waals surface area contributed by atoms with Gasteiger partial charge in [-0.15, -0.1) is 0 Å². The zero-order valence-corrected chi connectivity index (χ0v) is 12.5. The Kier molecular flexibility index (Phi) is 5.26. The highest BCUT2D eigenvalue weighted by molar-refractivity contribution is 5.51. The molecule has 2 N–H and O–H groups in total. The van der Waals surface area contributed by atoms with Crippen molar-refractivity contribution >= 4 is 5.69 Å². The van der Waals surface area contributed by atoms with E-state index >= 15 is 0 Å². The summed E-state index contributed by atoms with van der Waals surface area (Å²) < 4.78 is 0. The minimum atomic E-state index is 0.739. The second kappa shape index (κ2) is 6.95. The van der Waals surface area contributed by atoms with Crippen molar-refractivity contribution in [3.63, 3.8) is 0 Å². The first-order chi connectivity index (χ1) is 9.24. The van der Waals surface area contributed by atoms with Crippen LogP contribution >= 0.6 is 0 Å². The van der Waals surface area contributed by atoms with E-state index in [2.05, 4.69) is 36.9 Å². The van der Waals surface area contributed by atoms with Crippen LogP contribution in [-0.2, 0) is 6.42 Å². The van der Waals surface area contributed by atoms with E-state index in [1.807, 2.05) is 0 Å². The molecule has 0 unspecified atom stereocenters.